The Labute approximate surface area is 97.1 Å². The summed E-state index contributed by atoms with van der Waals surface area (Å²) < 4.78 is 5.46. The lowest BCUT2D eigenvalue weighted by molar-refractivity contribution is -0.124. The molecule has 92 valence electrons. The fraction of sp³-hybridized carbons (Fsp3) is 0.917. The Balaban J connectivity index is 1.69. The van der Waals surface area contributed by atoms with Crippen LogP contribution in [0.15, 0.2) is 0 Å². The van der Waals surface area contributed by atoms with E-state index >= 15 is 0 Å². The number of ether oxygens (including phenoxy) is 1. The smallest absolute Gasteiger partial charge is 0.222 e. The van der Waals surface area contributed by atoms with Crippen molar-refractivity contribution in [2.75, 3.05) is 19.7 Å². The minimum atomic E-state index is 0.146. The van der Waals surface area contributed by atoms with Crippen molar-refractivity contribution in [2.24, 2.45) is 5.92 Å². The summed E-state index contributed by atoms with van der Waals surface area (Å²) in [5.74, 6) is 0.801. The van der Waals surface area contributed by atoms with Crippen LogP contribution in [0.2, 0.25) is 0 Å². The van der Waals surface area contributed by atoms with Gasteiger partial charge in [-0.25, -0.2) is 0 Å². The summed E-state index contributed by atoms with van der Waals surface area (Å²) in [6, 6.07) is 0.303. The fourth-order valence-corrected chi connectivity index (χ4v) is 2.56. The molecule has 1 amide bonds. The molecule has 0 radical (unpaired) electrons. The van der Waals surface area contributed by atoms with Gasteiger partial charge in [-0.1, -0.05) is 6.92 Å². The fourth-order valence-electron chi connectivity index (χ4n) is 2.56. The SMILES string of the molecule is CC1CNCC(NC(=O)CC2CCCO2)C1. The van der Waals surface area contributed by atoms with Crippen molar-refractivity contribution in [3.63, 3.8) is 0 Å². The van der Waals surface area contributed by atoms with E-state index in [9.17, 15) is 4.79 Å². The first-order valence-corrected chi connectivity index (χ1v) is 6.35. The Bertz CT molecular complexity index is 239. The molecule has 0 aromatic heterocycles. The Morgan fingerprint density at radius 2 is 2.38 bits per heavy atom. The molecule has 0 aromatic carbocycles. The number of piperidine rings is 1. The van der Waals surface area contributed by atoms with Crippen LogP contribution in [0.5, 0.6) is 0 Å². The zero-order chi connectivity index (χ0) is 11.4. The van der Waals surface area contributed by atoms with E-state index in [2.05, 4.69) is 17.6 Å². The van der Waals surface area contributed by atoms with Gasteiger partial charge in [0.1, 0.15) is 0 Å². The first kappa shape index (κ1) is 11.9. The van der Waals surface area contributed by atoms with Gasteiger partial charge in [-0.15, -0.1) is 0 Å². The molecule has 2 fully saturated rings. The molecule has 2 N–H and O–H groups in total. The summed E-state index contributed by atoms with van der Waals surface area (Å²) in [4.78, 5) is 11.8. The van der Waals surface area contributed by atoms with Crippen LogP contribution in [-0.2, 0) is 9.53 Å². The summed E-state index contributed by atoms with van der Waals surface area (Å²) in [6.45, 7) is 5.01. The second kappa shape index (κ2) is 5.64. The quantitative estimate of drug-likeness (QED) is 0.743. The maximum atomic E-state index is 11.8. The van der Waals surface area contributed by atoms with Crippen molar-refractivity contribution < 1.29 is 9.53 Å². The predicted octanol–water partition coefficient (Wildman–Crippen LogP) is 0.670. The largest absolute Gasteiger partial charge is 0.378 e. The van der Waals surface area contributed by atoms with Gasteiger partial charge in [0.25, 0.3) is 0 Å². The molecule has 4 heteroatoms. The van der Waals surface area contributed by atoms with Gasteiger partial charge in [0.2, 0.25) is 5.91 Å². The van der Waals surface area contributed by atoms with Crippen molar-refractivity contribution in [1.82, 2.24) is 10.6 Å². The van der Waals surface area contributed by atoms with E-state index in [-0.39, 0.29) is 12.0 Å². The van der Waals surface area contributed by atoms with E-state index in [0.29, 0.717) is 18.4 Å². The predicted molar refractivity (Wildman–Crippen MR) is 62.2 cm³/mol. The molecular formula is C12H22N2O2. The number of carbonyl (C=O) groups excluding carboxylic acids is 1. The maximum Gasteiger partial charge on any atom is 0.222 e. The van der Waals surface area contributed by atoms with Crippen molar-refractivity contribution in [1.29, 1.82) is 0 Å². The summed E-state index contributed by atoms with van der Waals surface area (Å²) >= 11 is 0. The van der Waals surface area contributed by atoms with E-state index in [1.165, 1.54) is 0 Å². The number of carbonyl (C=O) groups is 1. The minimum Gasteiger partial charge on any atom is -0.378 e. The molecule has 2 aliphatic rings. The normalized spacial score (nSPS) is 34.9. The van der Waals surface area contributed by atoms with Gasteiger partial charge in [-0.3, -0.25) is 4.79 Å². The maximum absolute atomic E-state index is 11.8. The molecule has 0 bridgehead atoms. The highest BCUT2D eigenvalue weighted by atomic mass is 16.5. The molecule has 16 heavy (non-hydrogen) atoms. The van der Waals surface area contributed by atoms with Crippen LogP contribution < -0.4 is 10.6 Å². The highest BCUT2D eigenvalue weighted by Gasteiger charge is 2.23. The van der Waals surface area contributed by atoms with Gasteiger partial charge in [-0.2, -0.15) is 0 Å². The van der Waals surface area contributed by atoms with Crippen molar-refractivity contribution in [3.05, 3.63) is 0 Å². The lowest BCUT2D eigenvalue weighted by Gasteiger charge is -2.28. The van der Waals surface area contributed by atoms with Crippen molar-refractivity contribution in [3.8, 4) is 0 Å². The standard InChI is InChI=1S/C12H22N2O2/c1-9-5-10(8-13-7-9)14-12(15)6-11-3-2-4-16-11/h9-11,13H,2-8H2,1H3,(H,14,15). The number of hydrogen-bond donors (Lipinski definition) is 2. The highest BCUT2D eigenvalue weighted by Crippen LogP contribution is 2.15. The second-order valence-corrected chi connectivity index (χ2v) is 5.10. The molecule has 0 aromatic rings. The Kier molecular flexibility index (Phi) is 4.18. The third kappa shape index (κ3) is 3.46. The number of nitrogens with one attached hydrogen (secondary N) is 2. The van der Waals surface area contributed by atoms with Crippen LogP contribution >= 0.6 is 0 Å². The molecule has 2 heterocycles. The first-order chi connectivity index (χ1) is 7.74. The zero-order valence-electron chi connectivity index (χ0n) is 10.00. The topological polar surface area (TPSA) is 50.4 Å². The van der Waals surface area contributed by atoms with E-state index < -0.39 is 0 Å². The van der Waals surface area contributed by atoms with Crippen LogP contribution in [0.1, 0.15) is 32.6 Å². The van der Waals surface area contributed by atoms with E-state index in [1.54, 1.807) is 0 Å². The van der Waals surface area contributed by atoms with Gasteiger partial charge in [0.05, 0.1) is 12.5 Å². The average Bonchev–Trinajstić information content (AvgIpc) is 2.70. The second-order valence-electron chi connectivity index (χ2n) is 5.10. The molecule has 4 nitrogen and oxygen atoms in total. The van der Waals surface area contributed by atoms with Gasteiger partial charge in [0.15, 0.2) is 0 Å². The molecular weight excluding hydrogens is 204 g/mol. The summed E-state index contributed by atoms with van der Waals surface area (Å²) in [6.07, 6.45) is 3.91. The van der Waals surface area contributed by atoms with Gasteiger partial charge < -0.3 is 15.4 Å². The van der Waals surface area contributed by atoms with E-state index in [4.69, 9.17) is 4.74 Å². The Morgan fingerprint density at radius 1 is 1.50 bits per heavy atom. The molecule has 3 unspecified atom stereocenters. The first-order valence-electron chi connectivity index (χ1n) is 6.35. The number of hydrogen-bond acceptors (Lipinski definition) is 3. The molecule has 2 saturated heterocycles. The van der Waals surface area contributed by atoms with E-state index in [0.717, 1.165) is 39.0 Å². The number of amides is 1. The summed E-state index contributed by atoms with van der Waals surface area (Å²) in [5.41, 5.74) is 0. The molecule has 2 aliphatic heterocycles. The minimum absolute atomic E-state index is 0.146. The third-order valence-electron chi connectivity index (χ3n) is 3.37. The van der Waals surface area contributed by atoms with Crippen LogP contribution in [0, 0.1) is 5.92 Å². The highest BCUT2D eigenvalue weighted by molar-refractivity contribution is 5.76. The molecule has 3 atom stereocenters. The average molecular weight is 226 g/mol. The van der Waals surface area contributed by atoms with Gasteiger partial charge in [-0.05, 0) is 31.7 Å². The molecule has 0 aliphatic carbocycles. The lowest BCUT2D eigenvalue weighted by atomic mass is 9.97. The zero-order valence-corrected chi connectivity index (χ0v) is 10.00. The van der Waals surface area contributed by atoms with Gasteiger partial charge in [0, 0.05) is 19.2 Å². The monoisotopic (exact) mass is 226 g/mol. The summed E-state index contributed by atoms with van der Waals surface area (Å²) in [5, 5.41) is 6.43. The van der Waals surface area contributed by atoms with Crippen LogP contribution in [0.3, 0.4) is 0 Å². The Hall–Kier alpha value is -0.610. The summed E-state index contributed by atoms with van der Waals surface area (Å²) in [7, 11) is 0. The number of rotatable bonds is 3. The molecule has 2 rings (SSSR count). The lowest BCUT2D eigenvalue weighted by Crippen LogP contribution is -2.48. The molecule has 0 saturated carbocycles. The van der Waals surface area contributed by atoms with Crippen molar-refractivity contribution >= 4 is 5.91 Å². The van der Waals surface area contributed by atoms with Gasteiger partial charge >= 0.3 is 0 Å². The van der Waals surface area contributed by atoms with Crippen LogP contribution in [-0.4, -0.2) is 37.7 Å². The van der Waals surface area contributed by atoms with Crippen molar-refractivity contribution in [2.45, 2.75) is 44.8 Å². The van der Waals surface area contributed by atoms with E-state index in [1.807, 2.05) is 0 Å². The Morgan fingerprint density at radius 3 is 3.06 bits per heavy atom. The molecule has 0 spiro atoms. The van der Waals surface area contributed by atoms with Crippen LogP contribution in [0.25, 0.3) is 0 Å². The third-order valence-corrected chi connectivity index (χ3v) is 3.37. The van der Waals surface area contributed by atoms with Crippen LogP contribution in [0.4, 0.5) is 0 Å².